The van der Waals surface area contributed by atoms with Gasteiger partial charge in [0.1, 0.15) is 5.82 Å². The summed E-state index contributed by atoms with van der Waals surface area (Å²) in [6.07, 6.45) is 7.90. The molecule has 0 spiro atoms. The van der Waals surface area contributed by atoms with Crippen molar-refractivity contribution in [2.45, 2.75) is 64.1 Å². The molecular weight excluding hydrogens is 355 g/mol. The molecule has 4 rings (SSSR count). The third-order valence-electron chi connectivity index (χ3n) is 6.37. The summed E-state index contributed by atoms with van der Waals surface area (Å²) in [7, 11) is 0. The molecule has 2 heterocycles. The second-order valence-corrected chi connectivity index (χ2v) is 8.11. The van der Waals surface area contributed by atoms with Crippen LogP contribution in [0.1, 0.15) is 62.9 Å². The third-order valence-corrected chi connectivity index (χ3v) is 6.37. The van der Waals surface area contributed by atoms with E-state index in [0.29, 0.717) is 6.54 Å². The van der Waals surface area contributed by atoms with Crippen molar-refractivity contribution in [2.24, 2.45) is 0 Å². The summed E-state index contributed by atoms with van der Waals surface area (Å²) in [4.78, 5) is 5.23. The lowest BCUT2D eigenvalue weighted by Gasteiger charge is -2.42. The number of tetrazole rings is 1. The molecule has 2 fully saturated rings. The van der Waals surface area contributed by atoms with Gasteiger partial charge in [0, 0.05) is 32.2 Å². The predicted octanol–water partition coefficient (Wildman–Crippen LogP) is 3.26. The Morgan fingerprint density at radius 2 is 1.75 bits per heavy atom. The molecule has 1 atom stereocenters. The van der Waals surface area contributed by atoms with E-state index in [1.807, 2.05) is 4.68 Å². The van der Waals surface area contributed by atoms with Crippen molar-refractivity contribution in [3.63, 3.8) is 0 Å². The molecule has 0 radical (unpaired) electrons. The van der Waals surface area contributed by atoms with E-state index in [9.17, 15) is 4.39 Å². The van der Waals surface area contributed by atoms with Crippen LogP contribution < -0.4 is 0 Å². The highest BCUT2D eigenvalue weighted by Crippen LogP contribution is 2.27. The van der Waals surface area contributed by atoms with Crippen molar-refractivity contribution < 1.29 is 4.39 Å². The van der Waals surface area contributed by atoms with Crippen LogP contribution in [0.2, 0.25) is 0 Å². The Morgan fingerprint density at radius 1 is 1.04 bits per heavy atom. The van der Waals surface area contributed by atoms with E-state index in [1.54, 1.807) is 12.1 Å². The molecule has 1 aliphatic carbocycles. The van der Waals surface area contributed by atoms with Gasteiger partial charge in [0.25, 0.3) is 0 Å². The van der Waals surface area contributed by atoms with E-state index in [-0.39, 0.29) is 11.9 Å². The van der Waals surface area contributed by atoms with Gasteiger partial charge in [0.05, 0.1) is 12.6 Å². The number of aromatic nitrogens is 4. The summed E-state index contributed by atoms with van der Waals surface area (Å²) in [6.45, 7) is 7.19. The van der Waals surface area contributed by atoms with Gasteiger partial charge in [-0.25, -0.2) is 9.07 Å². The highest BCUT2D eigenvalue weighted by Gasteiger charge is 2.30. The van der Waals surface area contributed by atoms with E-state index in [1.165, 1.54) is 44.2 Å². The molecule has 0 amide bonds. The van der Waals surface area contributed by atoms with Crippen LogP contribution in [0.15, 0.2) is 24.3 Å². The molecule has 0 N–H and O–H groups in total. The number of hydrogen-bond donors (Lipinski definition) is 0. The number of rotatable bonds is 6. The fourth-order valence-corrected chi connectivity index (χ4v) is 4.79. The largest absolute Gasteiger partial charge is 0.298 e. The van der Waals surface area contributed by atoms with E-state index >= 15 is 0 Å². The van der Waals surface area contributed by atoms with Crippen molar-refractivity contribution in [3.05, 3.63) is 41.5 Å². The van der Waals surface area contributed by atoms with Gasteiger partial charge in [-0.2, -0.15) is 0 Å². The average molecular weight is 387 g/mol. The zero-order valence-electron chi connectivity index (χ0n) is 16.8. The van der Waals surface area contributed by atoms with Gasteiger partial charge in [-0.05, 0) is 47.4 Å². The molecule has 6 nitrogen and oxygen atoms in total. The Hall–Kier alpha value is -1.86. The SMILES string of the molecule is CC[C@@H](c1nnnn1Cc1ccc(F)cc1)N1CCN(C2CCCCC2)CC1. The monoisotopic (exact) mass is 386 g/mol. The molecule has 1 aromatic carbocycles. The van der Waals surface area contributed by atoms with Crippen LogP contribution in [0.5, 0.6) is 0 Å². The molecule has 1 aromatic heterocycles. The first-order chi connectivity index (χ1) is 13.7. The highest BCUT2D eigenvalue weighted by molar-refractivity contribution is 5.16. The smallest absolute Gasteiger partial charge is 0.168 e. The average Bonchev–Trinajstić information content (AvgIpc) is 3.19. The van der Waals surface area contributed by atoms with Gasteiger partial charge >= 0.3 is 0 Å². The maximum Gasteiger partial charge on any atom is 0.168 e. The molecule has 28 heavy (non-hydrogen) atoms. The van der Waals surface area contributed by atoms with Crippen molar-refractivity contribution in [1.82, 2.24) is 30.0 Å². The summed E-state index contributed by atoms with van der Waals surface area (Å²) in [5.74, 6) is 0.695. The fraction of sp³-hybridized carbons (Fsp3) is 0.667. The van der Waals surface area contributed by atoms with Gasteiger partial charge in [0.15, 0.2) is 5.82 Å². The van der Waals surface area contributed by atoms with Gasteiger partial charge in [0.2, 0.25) is 0 Å². The number of benzene rings is 1. The van der Waals surface area contributed by atoms with Crippen molar-refractivity contribution in [2.75, 3.05) is 26.2 Å². The van der Waals surface area contributed by atoms with Gasteiger partial charge < -0.3 is 0 Å². The minimum Gasteiger partial charge on any atom is -0.298 e. The minimum atomic E-state index is -0.219. The van der Waals surface area contributed by atoms with Crippen molar-refractivity contribution >= 4 is 0 Å². The van der Waals surface area contributed by atoms with Crippen LogP contribution in [0, 0.1) is 5.82 Å². The van der Waals surface area contributed by atoms with E-state index in [0.717, 1.165) is 50.0 Å². The minimum absolute atomic E-state index is 0.219. The maximum absolute atomic E-state index is 13.2. The fourth-order valence-electron chi connectivity index (χ4n) is 4.79. The number of nitrogens with zero attached hydrogens (tertiary/aromatic N) is 6. The third kappa shape index (κ3) is 4.41. The van der Waals surface area contributed by atoms with E-state index in [4.69, 9.17) is 0 Å². The highest BCUT2D eigenvalue weighted by atomic mass is 19.1. The maximum atomic E-state index is 13.2. The first kappa shape index (κ1) is 19.5. The van der Waals surface area contributed by atoms with Gasteiger partial charge in [-0.15, -0.1) is 5.10 Å². The quantitative estimate of drug-likeness (QED) is 0.763. The number of hydrogen-bond acceptors (Lipinski definition) is 5. The molecule has 0 unspecified atom stereocenters. The Labute approximate surface area is 166 Å². The van der Waals surface area contributed by atoms with E-state index < -0.39 is 0 Å². The molecule has 152 valence electrons. The van der Waals surface area contributed by atoms with E-state index in [2.05, 4.69) is 32.2 Å². The zero-order valence-corrected chi connectivity index (χ0v) is 16.8. The zero-order chi connectivity index (χ0) is 19.3. The lowest BCUT2D eigenvalue weighted by Crippen LogP contribution is -2.51. The Morgan fingerprint density at radius 3 is 2.43 bits per heavy atom. The van der Waals surface area contributed by atoms with Crippen LogP contribution in [-0.2, 0) is 6.54 Å². The standard InChI is InChI=1S/C21H31FN6/c1-2-20(27-14-12-26(13-15-27)19-6-4-3-5-7-19)21-23-24-25-28(21)16-17-8-10-18(22)11-9-17/h8-11,19-20H,2-7,12-16H2,1H3/t20-/m0/s1. The predicted molar refractivity (Wildman–Crippen MR) is 106 cm³/mol. The molecule has 0 bridgehead atoms. The normalized spacial score (nSPS) is 21.1. The first-order valence-electron chi connectivity index (χ1n) is 10.7. The summed E-state index contributed by atoms with van der Waals surface area (Å²) in [5.41, 5.74) is 1.01. The molecule has 7 heteroatoms. The van der Waals surface area contributed by atoms with Crippen LogP contribution in [-0.4, -0.2) is 62.2 Å². The second kappa shape index (κ2) is 9.09. The molecule has 1 saturated heterocycles. The molecule has 1 saturated carbocycles. The lowest BCUT2D eigenvalue weighted by molar-refractivity contribution is 0.0516. The van der Waals surface area contributed by atoms with Crippen molar-refractivity contribution in [3.8, 4) is 0 Å². The lowest BCUT2D eigenvalue weighted by atomic mass is 9.93. The number of halogens is 1. The summed E-state index contributed by atoms with van der Waals surface area (Å²) >= 11 is 0. The summed E-state index contributed by atoms with van der Waals surface area (Å²) < 4.78 is 15.0. The summed E-state index contributed by atoms with van der Waals surface area (Å²) in [5, 5.41) is 12.5. The van der Waals surface area contributed by atoms with Crippen LogP contribution >= 0.6 is 0 Å². The first-order valence-corrected chi connectivity index (χ1v) is 10.7. The molecule has 2 aromatic rings. The Bertz CT molecular complexity index is 732. The Kier molecular flexibility index (Phi) is 6.32. The number of piperazine rings is 1. The second-order valence-electron chi connectivity index (χ2n) is 8.11. The van der Waals surface area contributed by atoms with Gasteiger partial charge in [-0.3, -0.25) is 9.80 Å². The Balaban J connectivity index is 1.40. The molecular formula is C21H31FN6. The van der Waals surface area contributed by atoms with Crippen LogP contribution in [0.4, 0.5) is 4.39 Å². The topological polar surface area (TPSA) is 50.1 Å². The summed E-state index contributed by atoms with van der Waals surface area (Å²) in [6, 6.07) is 7.58. The molecule has 1 aliphatic heterocycles. The molecule has 2 aliphatic rings. The van der Waals surface area contributed by atoms with Crippen LogP contribution in [0.3, 0.4) is 0 Å². The van der Waals surface area contributed by atoms with Crippen LogP contribution in [0.25, 0.3) is 0 Å². The van der Waals surface area contributed by atoms with Gasteiger partial charge in [-0.1, -0.05) is 38.3 Å². The van der Waals surface area contributed by atoms with Crippen molar-refractivity contribution in [1.29, 1.82) is 0 Å².